The first-order valence-electron chi connectivity index (χ1n) is 8.24. The molecule has 5 heteroatoms. The molecule has 1 N–H and O–H groups in total. The lowest BCUT2D eigenvalue weighted by Gasteiger charge is -2.31. The van der Waals surface area contributed by atoms with E-state index < -0.39 is 0 Å². The second-order valence-electron chi connectivity index (χ2n) is 6.36. The highest BCUT2D eigenvalue weighted by Gasteiger charge is 2.34. The monoisotopic (exact) mass is 320 g/mol. The van der Waals surface area contributed by atoms with E-state index >= 15 is 0 Å². The summed E-state index contributed by atoms with van der Waals surface area (Å²) >= 11 is 0. The van der Waals surface area contributed by atoms with E-state index in [0.717, 1.165) is 11.3 Å². The molecular weight excluding hydrogens is 292 g/mol. The fraction of sp³-hybridized carbons (Fsp3) is 0.611. The van der Waals surface area contributed by atoms with Crippen LogP contribution in [0.25, 0.3) is 0 Å². The van der Waals surface area contributed by atoms with Gasteiger partial charge in [-0.15, -0.1) is 0 Å². The first kappa shape index (κ1) is 17.6. The molecule has 0 aliphatic heterocycles. The molecule has 0 saturated heterocycles. The van der Waals surface area contributed by atoms with Gasteiger partial charge in [0.2, 0.25) is 0 Å². The van der Waals surface area contributed by atoms with Crippen molar-refractivity contribution in [2.24, 2.45) is 5.92 Å². The molecule has 1 saturated carbocycles. The van der Waals surface area contributed by atoms with Crippen LogP contribution < -0.4 is 10.1 Å². The summed E-state index contributed by atoms with van der Waals surface area (Å²) in [5.74, 6) is 1.45. The Bertz CT molecular complexity index is 499. The van der Waals surface area contributed by atoms with E-state index in [-0.39, 0.29) is 18.1 Å². The summed E-state index contributed by atoms with van der Waals surface area (Å²) in [4.78, 5) is 14.6. The number of benzene rings is 1. The molecule has 1 aromatic carbocycles. The Morgan fingerprint density at radius 1 is 1.26 bits per heavy atom. The van der Waals surface area contributed by atoms with Crippen molar-refractivity contribution in [2.75, 3.05) is 20.8 Å². The van der Waals surface area contributed by atoms with Crippen LogP contribution in [-0.4, -0.2) is 43.8 Å². The third-order valence-electron chi connectivity index (χ3n) is 4.36. The molecule has 2 amide bonds. The largest absolute Gasteiger partial charge is 0.497 e. The van der Waals surface area contributed by atoms with Gasteiger partial charge >= 0.3 is 6.03 Å². The van der Waals surface area contributed by atoms with Crippen LogP contribution in [0.3, 0.4) is 0 Å². The second kappa shape index (κ2) is 8.20. The van der Waals surface area contributed by atoms with Crippen molar-refractivity contribution in [1.29, 1.82) is 0 Å². The number of hydrogen-bond acceptors (Lipinski definition) is 3. The van der Waals surface area contributed by atoms with Gasteiger partial charge in [-0.25, -0.2) is 4.79 Å². The molecule has 1 aliphatic carbocycles. The summed E-state index contributed by atoms with van der Waals surface area (Å²) in [6, 6.07) is 8.10. The summed E-state index contributed by atoms with van der Waals surface area (Å²) in [7, 11) is 3.30. The van der Waals surface area contributed by atoms with E-state index in [2.05, 4.69) is 12.2 Å². The van der Waals surface area contributed by atoms with Gasteiger partial charge in [-0.1, -0.05) is 12.1 Å². The zero-order valence-corrected chi connectivity index (χ0v) is 14.5. The van der Waals surface area contributed by atoms with Crippen LogP contribution in [0.15, 0.2) is 24.3 Å². The summed E-state index contributed by atoms with van der Waals surface area (Å²) < 4.78 is 10.3. The third kappa shape index (κ3) is 5.13. The van der Waals surface area contributed by atoms with E-state index in [4.69, 9.17) is 9.47 Å². The average Bonchev–Trinajstić information content (AvgIpc) is 3.37. The van der Waals surface area contributed by atoms with Crippen LogP contribution in [0, 0.1) is 5.92 Å². The predicted molar refractivity (Wildman–Crippen MR) is 90.6 cm³/mol. The lowest BCUT2D eigenvalue weighted by Crippen LogP contribution is -2.49. The number of rotatable bonds is 8. The Morgan fingerprint density at radius 2 is 1.91 bits per heavy atom. The summed E-state index contributed by atoms with van der Waals surface area (Å²) in [5.41, 5.74) is 1.10. The molecule has 0 bridgehead atoms. The Morgan fingerprint density at radius 3 is 2.43 bits per heavy atom. The maximum absolute atomic E-state index is 12.7. The van der Waals surface area contributed by atoms with Crippen molar-refractivity contribution in [2.45, 2.75) is 45.3 Å². The van der Waals surface area contributed by atoms with Crippen molar-refractivity contribution < 1.29 is 14.3 Å². The standard InChI is InChI=1S/C18H28N2O3/c1-13(12-22-3)19-18(21)20(14(2)16-7-8-16)11-15-5-9-17(23-4)10-6-15/h5-6,9-10,13-14,16H,7-8,11-12H2,1-4H3,(H,19,21)/t13-,14+/m0/s1. The molecule has 23 heavy (non-hydrogen) atoms. The molecule has 0 heterocycles. The highest BCUT2D eigenvalue weighted by molar-refractivity contribution is 5.75. The zero-order valence-electron chi connectivity index (χ0n) is 14.5. The normalized spacial score (nSPS) is 16.5. The number of carbonyl (C=O) groups is 1. The molecular formula is C18H28N2O3. The van der Waals surface area contributed by atoms with Crippen LogP contribution in [0.5, 0.6) is 5.75 Å². The van der Waals surface area contributed by atoms with Gasteiger partial charge in [-0.2, -0.15) is 0 Å². The highest BCUT2D eigenvalue weighted by Crippen LogP contribution is 2.35. The average molecular weight is 320 g/mol. The quantitative estimate of drug-likeness (QED) is 0.801. The molecule has 1 aliphatic rings. The molecule has 1 aromatic rings. The SMILES string of the molecule is COC[C@H](C)NC(=O)N(Cc1ccc(OC)cc1)[C@H](C)C1CC1. The van der Waals surface area contributed by atoms with Crippen molar-refractivity contribution in [3.05, 3.63) is 29.8 Å². The molecule has 0 aromatic heterocycles. The molecule has 0 radical (unpaired) electrons. The molecule has 2 atom stereocenters. The number of nitrogens with zero attached hydrogens (tertiary/aromatic N) is 1. The number of nitrogens with one attached hydrogen (secondary N) is 1. The van der Waals surface area contributed by atoms with E-state index in [1.54, 1.807) is 14.2 Å². The first-order chi connectivity index (χ1) is 11.0. The Hall–Kier alpha value is -1.75. The molecule has 5 nitrogen and oxygen atoms in total. The number of carbonyl (C=O) groups excluding carboxylic acids is 1. The minimum absolute atomic E-state index is 0.00253. The molecule has 1 fully saturated rings. The highest BCUT2D eigenvalue weighted by atomic mass is 16.5. The number of urea groups is 1. The predicted octanol–water partition coefficient (Wildman–Crippen LogP) is 3.04. The summed E-state index contributed by atoms with van der Waals surface area (Å²) in [6.07, 6.45) is 2.42. The van der Waals surface area contributed by atoms with Crippen LogP contribution in [0.4, 0.5) is 4.79 Å². The van der Waals surface area contributed by atoms with Crippen molar-refractivity contribution in [3.63, 3.8) is 0 Å². The first-order valence-corrected chi connectivity index (χ1v) is 8.24. The fourth-order valence-electron chi connectivity index (χ4n) is 2.75. The van der Waals surface area contributed by atoms with Crippen LogP contribution in [0.2, 0.25) is 0 Å². The lowest BCUT2D eigenvalue weighted by molar-refractivity contribution is 0.145. The number of amides is 2. The third-order valence-corrected chi connectivity index (χ3v) is 4.36. The van der Waals surface area contributed by atoms with Gasteiger partial charge in [0.25, 0.3) is 0 Å². The molecule has 0 unspecified atom stereocenters. The molecule has 2 rings (SSSR count). The zero-order chi connectivity index (χ0) is 16.8. The lowest BCUT2D eigenvalue weighted by atomic mass is 10.1. The molecule has 0 spiro atoms. The van der Waals surface area contributed by atoms with Gasteiger partial charge in [-0.3, -0.25) is 0 Å². The van der Waals surface area contributed by atoms with Gasteiger partial charge < -0.3 is 19.7 Å². The summed E-state index contributed by atoms with van der Waals surface area (Å²) in [6.45, 7) is 5.21. The van der Waals surface area contributed by atoms with E-state index in [9.17, 15) is 4.79 Å². The van der Waals surface area contributed by atoms with Gasteiger partial charge in [0.15, 0.2) is 0 Å². The Balaban J connectivity index is 2.05. The second-order valence-corrected chi connectivity index (χ2v) is 6.36. The Kier molecular flexibility index (Phi) is 6.28. The van der Waals surface area contributed by atoms with Gasteiger partial charge in [0, 0.05) is 19.7 Å². The van der Waals surface area contributed by atoms with Gasteiger partial charge in [0.1, 0.15) is 5.75 Å². The van der Waals surface area contributed by atoms with E-state index in [1.807, 2.05) is 36.1 Å². The number of methoxy groups -OCH3 is 2. The van der Waals surface area contributed by atoms with Crippen molar-refractivity contribution in [1.82, 2.24) is 10.2 Å². The van der Waals surface area contributed by atoms with Crippen molar-refractivity contribution >= 4 is 6.03 Å². The number of hydrogen-bond donors (Lipinski definition) is 1. The maximum Gasteiger partial charge on any atom is 0.318 e. The van der Waals surface area contributed by atoms with Crippen LogP contribution >= 0.6 is 0 Å². The number of ether oxygens (including phenoxy) is 2. The van der Waals surface area contributed by atoms with Gasteiger partial charge in [0.05, 0.1) is 19.8 Å². The minimum atomic E-state index is -0.0234. The maximum atomic E-state index is 12.7. The molecule has 128 valence electrons. The Labute approximate surface area is 139 Å². The van der Waals surface area contributed by atoms with Crippen LogP contribution in [-0.2, 0) is 11.3 Å². The topological polar surface area (TPSA) is 50.8 Å². The van der Waals surface area contributed by atoms with Crippen molar-refractivity contribution in [3.8, 4) is 5.75 Å². The van der Waals surface area contributed by atoms with Gasteiger partial charge in [-0.05, 0) is 50.3 Å². The smallest absolute Gasteiger partial charge is 0.318 e. The summed E-state index contributed by atoms with van der Waals surface area (Å²) in [5, 5.41) is 3.02. The van der Waals surface area contributed by atoms with E-state index in [0.29, 0.717) is 19.1 Å². The fourth-order valence-corrected chi connectivity index (χ4v) is 2.75. The van der Waals surface area contributed by atoms with E-state index in [1.165, 1.54) is 12.8 Å². The minimum Gasteiger partial charge on any atom is -0.497 e. The van der Waals surface area contributed by atoms with Crippen LogP contribution in [0.1, 0.15) is 32.3 Å².